The molecule has 13 rings (SSSR count). The predicted octanol–water partition coefficient (Wildman–Crippen LogP) is 16.5. The van der Waals surface area contributed by atoms with Gasteiger partial charge in [-0.3, -0.25) is 4.79 Å². The molecular weight excluding hydrogens is 1540 g/mol. The van der Waals surface area contributed by atoms with Crippen LogP contribution in [-0.2, 0) is 57.7 Å². The van der Waals surface area contributed by atoms with Crippen molar-refractivity contribution in [2.45, 2.75) is 144 Å². The second-order valence-corrected chi connectivity index (χ2v) is 32.9. The molecule has 574 valence electrons. The van der Waals surface area contributed by atoms with Crippen LogP contribution < -0.4 is 29.7 Å². The lowest BCUT2D eigenvalue weighted by Gasteiger charge is -2.32. The Bertz CT molecular complexity index is 4750. The van der Waals surface area contributed by atoms with Crippen LogP contribution in [0, 0.1) is 3.57 Å². The Morgan fingerprint density at radius 1 is 0.509 bits per heavy atom. The number of phenols is 2. The topological polar surface area (TPSA) is 226 Å². The quantitative estimate of drug-likeness (QED) is 0.0437. The highest BCUT2D eigenvalue weighted by molar-refractivity contribution is 14.1. The van der Waals surface area contributed by atoms with Crippen molar-refractivity contribution in [2.24, 2.45) is 0 Å². The Balaban J connectivity index is 0.000000157. The van der Waals surface area contributed by atoms with Crippen molar-refractivity contribution in [1.82, 2.24) is 33.1 Å². The van der Waals surface area contributed by atoms with Crippen LogP contribution in [0.5, 0.6) is 34.5 Å². The van der Waals surface area contributed by atoms with E-state index in [2.05, 4.69) is 187 Å². The first kappa shape index (κ1) is 82.5. The van der Waals surface area contributed by atoms with Crippen molar-refractivity contribution >= 4 is 87.6 Å². The number of phenolic OH excluding ortho intramolecular Hbond substituents is 2. The van der Waals surface area contributed by atoms with Crippen molar-refractivity contribution in [3.8, 4) is 88.1 Å². The van der Waals surface area contributed by atoms with Gasteiger partial charge in [0.05, 0.1) is 72.1 Å². The third-order valence-electron chi connectivity index (χ3n) is 20.5. The summed E-state index contributed by atoms with van der Waals surface area (Å²) in [5.41, 5.74) is 18.3. The van der Waals surface area contributed by atoms with E-state index < -0.39 is 11.9 Å². The number of carbonyl (C=O) groups is 3. The van der Waals surface area contributed by atoms with Gasteiger partial charge in [-0.1, -0.05) is 96.1 Å². The molecule has 0 unspecified atom stereocenters. The Labute approximate surface area is 662 Å². The maximum atomic E-state index is 12.9. The minimum atomic E-state index is -0.443. The Kier molecular flexibility index (Phi) is 27.0. The molecule has 0 saturated carbocycles. The van der Waals surface area contributed by atoms with Crippen molar-refractivity contribution in [3.63, 3.8) is 0 Å². The molecule has 1 amide bonds. The van der Waals surface area contributed by atoms with Gasteiger partial charge < -0.3 is 68.0 Å². The van der Waals surface area contributed by atoms with Crippen LogP contribution in [0.1, 0.15) is 175 Å². The molecule has 25 heteroatoms. The molecule has 6 aromatic carbocycles. The zero-order chi connectivity index (χ0) is 78.4. The number of aromatic nitrogens is 3. The molecule has 20 nitrogen and oxygen atoms in total. The van der Waals surface area contributed by atoms with Crippen LogP contribution >= 0.6 is 57.2 Å². The van der Waals surface area contributed by atoms with Crippen molar-refractivity contribution in [3.05, 3.63) is 162 Å². The summed E-state index contributed by atoms with van der Waals surface area (Å²) in [6, 6.07) is 30.5. The molecule has 0 radical (unpaired) electrons. The number of esters is 2. The summed E-state index contributed by atoms with van der Waals surface area (Å²) in [5, 5.41) is 23.9. The predicted molar refractivity (Wildman–Crippen MR) is 441 cm³/mol. The second kappa shape index (κ2) is 35.4. The fraction of sp³-hybridized carbons (Fsp3) is 0.422. The first-order valence-corrected chi connectivity index (χ1v) is 39.8. The largest absolute Gasteiger partial charge is 0.508 e. The van der Waals surface area contributed by atoms with E-state index in [4.69, 9.17) is 37.7 Å². The van der Waals surface area contributed by atoms with Gasteiger partial charge >= 0.3 is 19.1 Å². The Morgan fingerprint density at radius 3 is 1.36 bits per heavy atom. The standard InChI is InChI=1S/C26H30N2O4S.C25H29N3O3S.C16H24BNO2.C16H18INO4S/c1-15(2)19-12-20(22(31-5)13-21(19)30-4)25-23(24(27-33-25)26(29)32-6)17-7-8-18-14-28(3)10-9-16(18)11-17;1-5-26-25(31)23-22(16-6-7-17-13-28(4)9-8-15(17)10-16)24(32-27-23)19-11-18(14(2)3)20(29)12-21(19)30;1-15(2)16(3,4)20-17(19-15)14-7-6-13-11-18(5)9-8-12(13)10-14;1-8(2)9-6-10(12(21-4)7-11(9)20-3)15-13(17)14(18-23-15)16(19)22-5/h7-8,11-13,15H,9-10,14H2,1-6H3;6-7,10-12,14,29-30H,5,8-9,13H2,1-4H3,(H,26,31);6-7,10H,8-9,11H2,1-5H3;6-8H,1-5H3. The molecule has 9 aromatic rings. The van der Waals surface area contributed by atoms with Crippen LogP contribution in [-0.4, -0.2) is 164 Å². The van der Waals surface area contributed by atoms with Crippen LogP contribution in [0.15, 0.2) is 91.0 Å². The highest BCUT2D eigenvalue weighted by Crippen LogP contribution is 2.49. The van der Waals surface area contributed by atoms with Crippen molar-refractivity contribution in [2.75, 3.05) is 90.0 Å². The van der Waals surface area contributed by atoms with E-state index in [0.29, 0.717) is 46.6 Å². The van der Waals surface area contributed by atoms with Gasteiger partial charge in [0.1, 0.15) is 40.2 Å². The molecule has 1 saturated heterocycles. The molecule has 3 N–H and O–H groups in total. The summed E-state index contributed by atoms with van der Waals surface area (Å²) >= 11 is 5.86. The number of nitrogens with zero attached hydrogens (tertiary/aromatic N) is 6. The minimum Gasteiger partial charge on any atom is -0.508 e. The zero-order valence-electron chi connectivity index (χ0n) is 65.7. The number of fused-ring (bicyclic) bond motifs is 3. The number of benzene rings is 6. The van der Waals surface area contributed by atoms with Crippen molar-refractivity contribution < 1.29 is 62.3 Å². The second-order valence-electron chi connectivity index (χ2n) is 29.5. The number of halogens is 1. The maximum Gasteiger partial charge on any atom is 0.494 e. The van der Waals surface area contributed by atoms with Gasteiger partial charge in [0.2, 0.25) is 0 Å². The van der Waals surface area contributed by atoms with Gasteiger partial charge in [0.25, 0.3) is 5.91 Å². The molecule has 4 aliphatic rings. The van der Waals surface area contributed by atoms with E-state index in [1.165, 1.54) is 88.3 Å². The van der Waals surface area contributed by atoms with E-state index in [1.807, 2.05) is 45.0 Å². The molecule has 3 aromatic heterocycles. The summed E-state index contributed by atoms with van der Waals surface area (Å²) < 4.78 is 58.5. The molecule has 7 heterocycles. The maximum absolute atomic E-state index is 12.9. The highest BCUT2D eigenvalue weighted by Gasteiger charge is 2.52. The number of aromatic hydroxyl groups is 2. The van der Waals surface area contributed by atoms with Crippen molar-refractivity contribution in [1.29, 1.82) is 0 Å². The summed E-state index contributed by atoms with van der Waals surface area (Å²) in [7, 11) is 15.5. The summed E-state index contributed by atoms with van der Waals surface area (Å²) in [4.78, 5) is 46.8. The average molecular weight is 1640 g/mol. The fourth-order valence-electron chi connectivity index (χ4n) is 13.7. The molecule has 0 aliphatic carbocycles. The zero-order valence-corrected chi connectivity index (χ0v) is 70.3. The number of hydrogen-bond donors (Lipinski definition) is 3. The van der Waals surface area contributed by atoms with Gasteiger partial charge in [0.15, 0.2) is 11.4 Å². The van der Waals surface area contributed by atoms with Gasteiger partial charge in [-0.25, -0.2) is 9.59 Å². The van der Waals surface area contributed by atoms with Gasteiger partial charge in [0, 0.05) is 91.8 Å². The summed E-state index contributed by atoms with van der Waals surface area (Å²) in [6.07, 6.45) is 3.04. The van der Waals surface area contributed by atoms with E-state index >= 15 is 0 Å². The first-order chi connectivity index (χ1) is 51.4. The number of amides is 1. The van der Waals surface area contributed by atoms with E-state index in [0.717, 1.165) is 144 Å². The van der Waals surface area contributed by atoms with Crippen LogP contribution in [0.3, 0.4) is 0 Å². The lowest BCUT2D eigenvalue weighted by Crippen LogP contribution is -2.41. The summed E-state index contributed by atoms with van der Waals surface area (Å²) in [5.74, 6) is 2.47. The Morgan fingerprint density at radius 2 is 0.907 bits per heavy atom. The number of likely N-dealkylation sites (N-methyl/N-ethyl adjacent to an activating group) is 3. The summed E-state index contributed by atoms with van der Waals surface area (Å²) in [6.45, 7) is 29.2. The first-order valence-electron chi connectivity index (χ1n) is 36.4. The number of nitrogens with one attached hydrogen (secondary N) is 1. The molecule has 4 aliphatic heterocycles. The molecule has 0 bridgehead atoms. The van der Waals surface area contributed by atoms with Gasteiger partial charge in [-0.05, 0) is 235 Å². The Hall–Kier alpha value is -7.99. The number of hydrogen-bond acceptors (Lipinski definition) is 22. The lowest BCUT2D eigenvalue weighted by molar-refractivity contribution is 0.00578. The molecule has 0 spiro atoms. The molecule has 0 atom stereocenters. The molecule has 108 heavy (non-hydrogen) atoms. The lowest BCUT2D eigenvalue weighted by atomic mass is 9.77. The number of ether oxygens (including phenoxy) is 6. The van der Waals surface area contributed by atoms with Gasteiger partial charge in [-0.15, -0.1) is 0 Å². The van der Waals surface area contributed by atoms with E-state index in [9.17, 15) is 24.6 Å². The number of methoxy groups -OCH3 is 6. The number of rotatable bonds is 17. The van der Waals surface area contributed by atoms with E-state index in [-0.39, 0.29) is 47.6 Å². The van der Waals surface area contributed by atoms with Crippen LogP contribution in [0.4, 0.5) is 0 Å². The van der Waals surface area contributed by atoms with Crippen LogP contribution in [0.2, 0.25) is 0 Å². The van der Waals surface area contributed by atoms with Gasteiger partial charge in [-0.2, -0.15) is 13.1 Å². The smallest absolute Gasteiger partial charge is 0.494 e. The average Bonchev–Trinajstić information content (AvgIpc) is 1.55. The minimum absolute atomic E-state index is 0.0289. The third kappa shape index (κ3) is 17.9. The van der Waals surface area contributed by atoms with Crippen LogP contribution in [0.25, 0.3) is 53.6 Å². The number of carbonyl (C=O) groups excluding carboxylic acids is 3. The fourth-order valence-corrected chi connectivity index (χ4v) is 17.4. The third-order valence-corrected chi connectivity index (χ3v) is 24.6. The highest BCUT2D eigenvalue weighted by atomic mass is 127. The SMILES string of the molecule is CCNC(=O)c1nsc(-c2cc(C(C)C)c(O)cc2O)c1-c1ccc2c(c1)CCN(C)C2.CN1CCc2cc(B3OC(C)(C)C(C)(C)O3)ccc2C1.COC(=O)c1nsc(-c2cc(C(C)C)c(OC)cc2OC)c1-c1ccc2c(c1)CCN(C)C2.COC(=O)c1nsc(-c2cc(C(C)C)c(OC)cc2OC)c1I. The molecule has 1 fully saturated rings. The monoisotopic (exact) mass is 1640 g/mol. The molecular formula is C83H101BIN7O13S3. The normalized spacial score (nSPS) is 15.2. The van der Waals surface area contributed by atoms with E-state index in [1.54, 1.807) is 34.5 Å².